The van der Waals surface area contributed by atoms with Crippen LogP contribution in [0, 0.1) is 0 Å². The molecule has 0 aromatic heterocycles. The van der Waals surface area contributed by atoms with Gasteiger partial charge in [-0.05, 0) is 31.0 Å². The van der Waals surface area contributed by atoms with Gasteiger partial charge in [-0.2, -0.15) is 0 Å². The molecule has 19 heavy (non-hydrogen) atoms. The van der Waals surface area contributed by atoms with Gasteiger partial charge >= 0.3 is 0 Å². The summed E-state index contributed by atoms with van der Waals surface area (Å²) in [6, 6.07) is 4.95. The molecule has 1 rings (SSSR count). The van der Waals surface area contributed by atoms with Crippen LogP contribution in [0.3, 0.4) is 0 Å². The van der Waals surface area contributed by atoms with Gasteiger partial charge in [-0.25, -0.2) is 0 Å². The molecular weight excluding hydrogens is 287 g/mol. The van der Waals surface area contributed by atoms with E-state index in [1.807, 2.05) is 0 Å². The fourth-order valence-corrected chi connectivity index (χ4v) is 1.90. The Morgan fingerprint density at radius 3 is 2.53 bits per heavy atom. The maximum absolute atomic E-state index is 11.6. The summed E-state index contributed by atoms with van der Waals surface area (Å²) in [5.41, 5.74) is 1.13. The highest BCUT2D eigenvalue weighted by atomic mass is 35.5. The van der Waals surface area contributed by atoms with Crippen LogP contribution in [0.25, 0.3) is 0 Å². The first-order valence-electron chi connectivity index (χ1n) is 5.96. The molecule has 0 atom stereocenters. The van der Waals surface area contributed by atoms with E-state index in [1.54, 1.807) is 18.2 Å². The molecule has 1 aromatic carbocycles. The number of unbranched alkanes of at least 4 members (excludes halogenated alkanes) is 1. The number of anilines is 2. The lowest BCUT2D eigenvalue weighted by Crippen LogP contribution is -2.11. The van der Waals surface area contributed by atoms with E-state index in [9.17, 15) is 9.59 Å². The Labute approximate surface area is 122 Å². The molecule has 0 unspecified atom stereocenters. The van der Waals surface area contributed by atoms with Crippen molar-refractivity contribution in [3.8, 4) is 0 Å². The standard InChI is InChI=1S/C13H16Cl2N2O2/c1-9(18)16-12-6-5-10(8-11(12)15)17-13(19)4-2-3-7-14/h5-6,8H,2-4,7H2,1H3,(H,16,18)(H,17,19). The number of carbonyl (C=O) groups is 2. The molecule has 0 saturated heterocycles. The zero-order valence-electron chi connectivity index (χ0n) is 10.6. The second kappa shape index (κ2) is 8.02. The largest absolute Gasteiger partial charge is 0.326 e. The first kappa shape index (κ1) is 15.8. The van der Waals surface area contributed by atoms with Gasteiger partial charge in [0, 0.05) is 24.9 Å². The molecule has 0 aliphatic heterocycles. The minimum absolute atomic E-state index is 0.0755. The summed E-state index contributed by atoms with van der Waals surface area (Å²) >= 11 is 11.5. The maximum Gasteiger partial charge on any atom is 0.224 e. The molecule has 2 amide bonds. The quantitative estimate of drug-likeness (QED) is 0.622. The third-order valence-corrected chi connectivity index (χ3v) is 2.93. The first-order valence-corrected chi connectivity index (χ1v) is 6.87. The third-order valence-electron chi connectivity index (χ3n) is 2.35. The lowest BCUT2D eigenvalue weighted by molar-refractivity contribution is -0.116. The van der Waals surface area contributed by atoms with Crippen LogP contribution < -0.4 is 10.6 Å². The summed E-state index contributed by atoms with van der Waals surface area (Å²) in [4.78, 5) is 22.5. The van der Waals surface area contributed by atoms with Crippen LogP contribution in [-0.2, 0) is 9.59 Å². The summed E-state index contributed by atoms with van der Waals surface area (Å²) in [7, 11) is 0. The van der Waals surface area contributed by atoms with E-state index < -0.39 is 0 Å². The lowest BCUT2D eigenvalue weighted by atomic mass is 10.2. The molecule has 0 saturated carbocycles. The van der Waals surface area contributed by atoms with Crippen LogP contribution in [0.1, 0.15) is 26.2 Å². The van der Waals surface area contributed by atoms with Crippen LogP contribution in [0.2, 0.25) is 5.02 Å². The molecule has 0 bridgehead atoms. The van der Waals surface area contributed by atoms with E-state index in [0.29, 0.717) is 28.7 Å². The third kappa shape index (κ3) is 5.94. The first-order chi connectivity index (χ1) is 9.02. The van der Waals surface area contributed by atoms with Crippen molar-refractivity contribution in [3.05, 3.63) is 23.2 Å². The van der Waals surface area contributed by atoms with Crippen molar-refractivity contribution in [3.63, 3.8) is 0 Å². The van der Waals surface area contributed by atoms with Crippen molar-refractivity contribution < 1.29 is 9.59 Å². The molecule has 104 valence electrons. The second-order valence-electron chi connectivity index (χ2n) is 4.07. The Balaban J connectivity index is 2.58. The molecule has 0 spiro atoms. The van der Waals surface area contributed by atoms with Gasteiger partial charge in [0.2, 0.25) is 11.8 Å². The summed E-state index contributed by atoms with van der Waals surface area (Å²) in [5.74, 6) is 0.290. The summed E-state index contributed by atoms with van der Waals surface area (Å²) in [5, 5.41) is 5.72. The highest BCUT2D eigenvalue weighted by Gasteiger charge is 2.06. The average Bonchev–Trinajstić information content (AvgIpc) is 2.32. The SMILES string of the molecule is CC(=O)Nc1ccc(NC(=O)CCCCCl)cc1Cl. The molecule has 4 nitrogen and oxygen atoms in total. The van der Waals surface area contributed by atoms with Crippen LogP contribution in [-0.4, -0.2) is 17.7 Å². The number of hydrogen-bond donors (Lipinski definition) is 2. The fraction of sp³-hybridized carbons (Fsp3) is 0.385. The zero-order valence-corrected chi connectivity index (χ0v) is 12.1. The Hall–Kier alpha value is -1.26. The number of rotatable bonds is 6. The molecular formula is C13H16Cl2N2O2. The number of benzene rings is 1. The van der Waals surface area contributed by atoms with Crippen LogP contribution in [0.5, 0.6) is 0 Å². The number of amides is 2. The molecule has 0 heterocycles. The fourth-order valence-electron chi connectivity index (χ4n) is 1.49. The van der Waals surface area contributed by atoms with Crippen molar-refractivity contribution in [2.24, 2.45) is 0 Å². The highest BCUT2D eigenvalue weighted by molar-refractivity contribution is 6.34. The lowest BCUT2D eigenvalue weighted by Gasteiger charge is -2.09. The predicted octanol–water partition coefficient (Wildman–Crippen LogP) is 3.65. The van der Waals surface area contributed by atoms with Crippen molar-refractivity contribution in [2.75, 3.05) is 16.5 Å². The van der Waals surface area contributed by atoms with Crippen LogP contribution >= 0.6 is 23.2 Å². The highest BCUT2D eigenvalue weighted by Crippen LogP contribution is 2.25. The Morgan fingerprint density at radius 1 is 1.21 bits per heavy atom. The van der Waals surface area contributed by atoms with Gasteiger partial charge in [0.15, 0.2) is 0 Å². The number of hydrogen-bond acceptors (Lipinski definition) is 2. The smallest absolute Gasteiger partial charge is 0.224 e. The van der Waals surface area contributed by atoms with Crippen LogP contribution in [0.15, 0.2) is 18.2 Å². The van der Waals surface area contributed by atoms with E-state index >= 15 is 0 Å². The number of alkyl halides is 1. The number of carbonyl (C=O) groups excluding carboxylic acids is 2. The Bertz CT molecular complexity index is 464. The van der Waals surface area contributed by atoms with Gasteiger partial charge in [0.25, 0.3) is 0 Å². The monoisotopic (exact) mass is 302 g/mol. The summed E-state index contributed by atoms with van der Waals surface area (Å²) in [6.45, 7) is 1.41. The summed E-state index contributed by atoms with van der Waals surface area (Å²) < 4.78 is 0. The molecule has 6 heteroatoms. The molecule has 0 radical (unpaired) electrons. The molecule has 0 aliphatic rings. The van der Waals surface area contributed by atoms with Gasteiger partial charge in [0.05, 0.1) is 10.7 Å². The van der Waals surface area contributed by atoms with E-state index in [-0.39, 0.29) is 11.8 Å². The van der Waals surface area contributed by atoms with Crippen molar-refractivity contribution >= 4 is 46.4 Å². The van der Waals surface area contributed by atoms with Gasteiger partial charge in [-0.3, -0.25) is 9.59 Å². The van der Waals surface area contributed by atoms with Crippen LogP contribution in [0.4, 0.5) is 11.4 Å². The van der Waals surface area contributed by atoms with Crippen molar-refractivity contribution in [1.82, 2.24) is 0 Å². The Kier molecular flexibility index (Phi) is 6.67. The normalized spacial score (nSPS) is 10.1. The topological polar surface area (TPSA) is 58.2 Å². The molecule has 2 N–H and O–H groups in total. The average molecular weight is 303 g/mol. The van der Waals surface area contributed by atoms with Gasteiger partial charge in [-0.15, -0.1) is 11.6 Å². The van der Waals surface area contributed by atoms with Crippen molar-refractivity contribution in [1.29, 1.82) is 0 Å². The Morgan fingerprint density at radius 2 is 1.95 bits per heavy atom. The zero-order chi connectivity index (χ0) is 14.3. The van der Waals surface area contributed by atoms with Gasteiger partial charge in [0.1, 0.15) is 0 Å². The summed E-state index contributed by atoms with van der Waals surface area (Å²) in [6.07, 6.45) is 2.00. The number of halogens is 2. The molecule has 0 aliphatic carbocycles. The molecule has 0 fully saturated rings. The van der Waals surface area contributed by atoms with E-state index in [0.717, 1.165) is 12.8 Å². The van der Waals surface area contributed by atoms with Gasteiger partial charge in [-0.1, -0.05) is 11.6 Å². The molecule has 1 aromatic rings. The second-order valence-corrected chi connectivity index (χ2v) is 4.86. The van der Waals surface area contributed by atoms with Gasteiger partial charge < -0.3 is 10.6 Å². The van der Waals surface area contributed by atoms with E-state index in [1.165, 1.54) is 6.92 Å². The predicted molar refractivity (Wildman–Crippen MR) is 79.0 cm³/mol. The minimum Gasteiger partial charge on any atom is -0.326 e. The number of nitrogens with one attached hydrogen (secondary N) is 2. The van der Waals surface area contributed by atoms with E-state index in [4.69, 9.17) is 23.2 Å². The van der Waals surface area contributed by atoms with E-state index in [2.05, 4.69) is 10.6 Å². The maximum atomic E-state index is 11.6. The van der Waals surface area contributed by atoms with Crippen molar-refractivity contribution in [2.45, 2.75) is 26.2 Å². The minimum atomic E-state index is -0.195.